The molecule has 6 rings (SSSR count). The van der Waals surface area contributed by atoms with Crippen molar-refractivity contribution < 1.29 is 23.5 Å². The van der Waals surface area contributed by atoms with Crippen LogP contribution in [0.4, 0.5) is 10.1 Å². The van der Waals surface area contributed by atoms with Crippen molar-refractivity contribution in [2.75, 3.05) is 18.2 Å². The Morgan fingerprint density at radius 3 is 2.48 bits per heavy atom. The van der Waals surface area contributed by atoms with Crippen molar-refractivity contribution in [3.8, 4) is 0 Å². The number of esters is 1. The fraction of sp³-hybridized carbons (Fsp3) is 0.469. The van der Waals surface area contributed by atoms with Crippen molar-refractivity contribution in [2.45, 2.75) is 69.7 Å². The molecule has 3 heterocycles. The van der Waals surface area contributed by atoms with E-state index in [1.807, 2.05) is 54.8 Å². The van der Waals surface area contributed by atoms with Gasteiger partial charge in [0.2, 0.25) is 5.91 Å². The number of benzene rings is 2. The number of rotatable bonds is 6. The number of carbonyl (C=O) groups is 3. The molecule has 3 aromatic rings. The average molecular weight is 576 g/mol. The number of nitrogens with two attached hydrogens (primary N) is 2. The monoisotopic (exact) mass is 575 g/mol. The zero-order valence-electron chi connectivity index (χ0n) is 24.0. The summed E-state index contributed by atoms with van der Waals surface area (Å²) < 4.78 is 20.5. The Kier molecular flexibility index (Phi) is 7.31. The minimum absolute atomic E-state index is 0.0486. The molecule has 1 saturated heterocycles. The van der Waals surface area contributed by atoms with E-state index in [9.17, 15) is 18.8 Å². The summed E-state index contributed by atoms with van der Waals surface area (Å²) in [5.74, 6) is 5.35. The molecule has 222 valence electrons. The molecule has 1 aromatic heterocycles. The second-order valence-electron chi connectivity index (χ2n) is 12.4. The Morgan fingerprint density at radius 1 is 1.07 bits per heavy atom. The van der Waals surface area contributed by atoms with Crippen LogP contribution in [-0.2, 0) is 20.1 Å². The van der Waals surface area contributed by atoms with Gasteiger partial charge < -0.3 is 15.4 Å². The third kappa shape index (κ3) is 4.76. The van der Waals surface area contributed by atoms with Gasteiger partial charge in [0.25, 0.3) is 5.91 Å². The first kappa shape index (κ1) is 28.4. The molecule has 0 radical (unpaired) electrons. The van der Waals surface area contributed by atoms with E-state index in [1.165, 1.54) is 0 Å². The molecular formula is C32H38FN5O4. The predicted molar refractivity (Wildman–Crippen MR) is 157 cm³/mol. The van der Waals surface area contributed by atoms with Crippen LogP contribution in [0.15, 0.2) is 54.6 Å². The zero-order chi connectivity index (χ0) is 29.8. The van der Waals surface area contributed by atoms with Gasteiger partial charge in [-0.1, -0.05) is 30.3 Å². The number of ether oxygens (including phenoxy) is 1. The number of aromatic nitrogens is 1. The molecule has 2 aromatic carbocycles. The molecule has 9 nitrogen and oxygen atoms in total. The van der Waals surface area contributed by atoms with Crippen LogP contribution in [-0.4, -0.2) is 52.6 Å². The Labute approximate surface area is 244 Å². The SMILES string of the molecule is CC1(C)OC(=O)c2cc3cc(N(N)C(=O)C4[C@H](c5ccccc5)CCN4C(=O)[C@H]4CC[C@H](C(N)CF)CC4)ccc3n21. The molecule has 0 bridgehead atoms. The van der Waals surface area contributed by atoms with Gasteiger partial charge in [0.05, 0.1) is 11.2 Å². The highest BCUT2D eigenvalue weighted by Gasteiger charge is 2.46. The van der Waals surface area contributed by atoms with Crippen LogP contribution in [0.5, 0.6) is 0 Å². The van der Waals surface area contributed by atoms with Crippen molar-refractivity contribution >= 4 is 34.4 Å². The van der Waals surface area contributed by atoms with Gasteiger partial charge in [0.15, 0.2) is 5.72 Å². The van der Waals surface area contributed by atoms with Crippen molar-refractivity contribution in [1.82, 2.24) is 9.47 Å². The highest BCUT2D eigenvalue weighted by Crippen LogP contribution is 2.40. The lowest BCUT2D eigenvalue weighted by Crippen LogP contribution is -2.53. The van der Waals surface area contributed by atoms with Gasteiger partial charge in [-0.2, -0.15) is 0 Å². The molecule has 10 heteroatoms. The molecule has 1 aliphatic carbocycles. The fourth-order valence-corrected chi connectivity index (χ4v) is 7.23. The summed E-state index contributed by atoms with van der Waals surface area (Å²) in [4.78, 5) is 42.3. The summed E-state index contributed by atoms with van der Waals surface area (Å²) >= 11 is 0. The first-order chi connectivity index (χ1) is 20.1. The van der Waals surface area contributed by atoms with E-state index in [-0.39, 0.29) is 29.6 Å². The van der Waals surface area contributed by atoms with E-state index in [2.05, 4.69) is 0 Å². The molecule has 3 atom stereocenters. The number of alkyl halides is 1. The first-order valence-electron chi connectivity index (χ1n) is 14.8. The Balaban J connectivity index is 1.28. The van der Waals surface area contributed by atoms with Crippen LogP contribution >= 0.6 is 0 Å². The second kappa shape index (κ2) is 10.8. The van der Waals surface area contributed by atoms with Gasteiger partial charge in [0, 0.05) is 29.8 Å². The fourth-order valence-electron chi connectivity index (χ4n) is 7.23. The van der Waals surface area contributed by atoms with Gasteiger partial charge in [-0.25, -0.2) is 20.0 Å². The summed E-state index contributed by atoms with van der Waals surface area (Å²) in [6.45, 7) is 3.54. The number of likely N-dealkylation sites (tertiary alicyclic amines) is 1. The maximum Gasteiger partial charge on any atom is 0.357 e. The number of cyclic esters (lactones) is 1. The van der Waals surface area contributed by atoms with Gasteiger partial charge in [-0.05, 0) is 81.7 Å². The predicted octanol–water partition coefficient (Wildman–Crippen LogP) is 4.20. The minimum Gasteiger partial charge on any atom is -0.434 e. The topological polar surface area (TPSA) is 124 Å². The Morgan fingerprint density at radius 2 is 1.79 bits per heavy atom. The molecule has 2 fully saturated rings. The Hall–Kier alpha value is -3.76. The normalized spacial score (nSPS) is 25.7. The average Bonchev–Trinajstić information content (AvgIpc) is 3.68. The van der Waals surface area contributed by atoms with Gasteiger partial charge >= 0.3 is 5.97 Å². The number of hydrogen-bond donors (Lipinski definition) is 2. The van der Waals surface area contributed by atoms with Crippen molar-refractivity contribution in [3.63, 3.8) is 0 Å². The number of carbonyl (C=O) groups excluding carboxylic acids is 3. The van der Waals surface area contributed by atoms with Crippen LogP contribution in [0, 0.1) is 11.8 Å². The van der Waals surface area contributed by atoms with Crippen LogP contribution in [0.2, 0.25) is 0 Å². The van der Waals surface area contributed by atoms with Crippen molar-refractivity contribution in [3.05, 3.63) is 65.9 Å². The first-order valence-corrected chi connectivity index (χ1v) is 14.8. The summed E-state index contributed by atoms with van der Waals surface area (Å²) in [5.41, 5.74) is 7.81. The van der Waals surface area contributed by atoms with Crippen molar-refractivity contribution in [1.29, 1.82) is 0 Å². The quantitative estimate of drug-likeness (QED) is 0.197. The number of hydrazine groups is 1. The number of hydrogen-bond acceptors (Lipinski definition) is 6. The maximum atomic E-state index is 14.2. The van der Waals surface area contributed by atoms with E-state index in [1.54, 1.807) is 23.1 Å². The van der Waals surface area contributed by atoms with E-state index in [0.717, 1.165) is 21.5 Å². The van der Waals surface area contributed by atoms with E-state index < -0.39 is 30.5 Å². The molecule has 42 heavy (non-hydrogen) atoms. The summed E-state index contributed by atoms with van der Waals surface area (Å²) in [5, 5.41) is 1.90. The lowest BCUT2D eigenvalue weighted by atomic mass is 9.78. The lowest BCUT2D eigenvalue weighted by Gasteiger charge is -2.36. The van der Waals surface area contributed by atoms with Crippen LogP contribution in [0.3, 0.4) is 0 Å². The molecule has 4 N–H and O–H groups in total. The summed E-state index contributed by atoms with van der Waals surface area (Å²) in [6.07, 6.45) is 3.30. The van der Waals surface area contributed by atoms with E-state index in [0.29, 0.717) is 50.0 Å². The smallest absolute Gasteiger partial charge is 0.357 e. The number of anilines is 1. The van der Waals surface area contributed by atoms with E-state index in [4.69, 9.17) is 16.3 Å². The van der Waals surface area contributed by atoms with Gasteiger partial charge in [0.1, 0.15) is 18.4 Å². The van der Waals surface area contributed by atoms with Crippen LogP contribution < -0.4 is 16.6 Å². The number of fused-ring (bicyclic) bond motifs is 3. The second-order valence-corrected chi connectivity index (χ2v) is 12.4. The molecular weight excluding hydrogens is 537 g/mol. The van der Waals surface area contributed by atoms with Crippen molar-refractivity contribution in [2.24, 2.45) is 23.4 Å². The Bertz CT molecular complexity index is 1510. The third-order valence-corrected chi connectivity index (χ3v) is 9.46. The zero-order valence-corrected chi connectivity index (χ0v) is 24.0. The standard InChI is InChI=1S/C32H38FN5O4/c1-32(2)37-26-13-12-23(16-22(26)17-27(37)31(41)42-32)38(35)30(40)28-24(19-6-4-3-5-7-19)14-15-36(28)29(39)21-10-8-20(9-11-21)25(34)18-33/h3-7,12-13,16-17,20-21,24-25,28H,8-11,14-15,18,34-35H2,1-2H3/t20-,21-,24-,25?,28?/m0/s1. The molecule has 3 aliphatic rings. The van der Waals surface area contributed by atoms with Gasteiger partial charge in [-0.3, -0.25) is 14.2 Å². The van der Waals surface area contributed by atoms with Crippen LogP contribution in [0.25, 0.3) is 10.9 Å². The maximum absolute atomic E-state index is 14.2. The number of nitrogens with zero attached hydrogens (tertiary/aromatic N) is 3. The molecule has 2 aliphatic heterocycles. The highest BCUT2D eigenvalue weighted by molar-refractivity contribution is 6.03. The molecule has 2 amide bonds. The molecule has 2 unspecified atom stereocenters. The lowest BCUT2D eigenvalue weighted by molar-refractivity contribution is -0.142. The number of amides is 2. The number of halogens is 1. The molecule has 1 saturated carbocycles. The third-order valence-electron chi connectivity index (χ3n) is 9.46. The largest absolute Gasteiger partial charge is 0.434 e. The molecule has 0 spiro atoms. The van der Waals surface area contributed by atoms with E-state index >= 15 is 0 Å². The highest BCUT2D eigenvalue weighted by atomic mass is 19.1. The minimum atomic E-state index is -0.822. The summed E-state index contributed by atoms with van der Waals surface area (Å²) in [7, 11) is 0. The summed E-state index contributed by atoms with van der Waals surface area (Å²) in [6, 6.07) is 15.6. The van der Waals surface area contributed by atoms with Crippen LogP contribution in [0.1, 0.15) is 67.9 Å². The van der Waals surface area contributed by atoms with Gasteiger partial charge in [-0.15, -0.1) is 0 Å².